The highest BCUT2D eigenvalue weighted by atomic mass is 32.2. The maximum atomic E-state index is 12.9. The van der Waals surface area contributed by atoms with Gasteiger partial charge in [0.1, 0.15) is 5.84 Å². The van der Waals surface area contributed by atoms with Gasteiger partial charge >= 0.3 is 0 Å². The summed E-state index contributed by atoms with van der Waals surface area (Å²) in [6, 6.07) is 13.8. The van der Waals surface area contributed by atoms with Crippen molar-refractivity contribution in [2.45, 2.75) is 51.0 Å². The van der Waals surface area contributed by atoms with Gasteiger partial charge in [-0.2, -0.15) is 8.42 Å². The normalized spacial score (nSPS) is 16.1. The van der Waals surface area contributed by atoms with Crippen LogP contribution in [0.25, 0.3) is 0 Å². The fourth-order valence-corrected chi connectivity index (χ4v) is 4.98. The first-order valence-electron chi connectivity index (χ1n) is 11.6. The quantitative estimate of drug-likeness (QED) is 0.619. The standard InChI is InChI=1S/C25H34N4O3S/c1-4-29(5-2)19-20-13-15-21(16-14-20)25(30)26-22-10-9-11-23(18-22)33(31,32)27-24-12-7-6-8-17-28(24)3/h9-11,13-16,18H,4-8,12,17,19H2,1-3H3,(H,26,30)/b27-24-. The van der Waals surface area contributed by atoms with Crippen LogP contribution in [0.3, 0.4) is 0 Å². The Morgan fingerprint density at radius 3 is 2.48 bits per heavy atom. The van der Waals surface area contributed by atoms with Crippen molar-refractivity contribution in [3.63, 3.8) is 0 Å². The van der Waals surface area contributed by atoms with Crippen molar-refractivity contribution in [2.24, 2.45) is 4.40 Å². The zero-order valence-electron chi connectivity index (χ0n) is 19.8. The van der Waals surface area contributed by atoms with E-state index in [4.69, 9.17) is 0 Å². The van der Waals surface area contributed by atoms with Crippen LogP contribution in [0, 0.1) is 0 Å². The van der Waals surface area contributed by atoms with E-state index in [2.05, 4.69) is 28.5 Å². The Kier molecular flexibility index (Phi) is 8.63. The van der Waals surface area contributed by atoms with Crippen molar-refractivity contribution < 1.29 is 13.2 Å². The number of sulfonamides is 1. The molecule has 1 aliphatic rings. The molecule has 0 atom stereocenters. The molecular weight excluding hydrogens is 436 g/mol. The number of anilines is 1. The number of benzene rings is 2. The summed E-state index contributed by atoms with van der Waals surface area (Å²) in [4.78, 5) is 17.0. The van der Waals surface area contributed by atoms with Gasteiger partial charge < -0.3 is 10.2 Å². The minimum absolute atomic E-state index is 0.0695. The second kappa shape index (κ2) is 11.4. The van der Waals surface area contributed by atoms with Crippen LogP contribution in [0.2, 0.25) is 0 Å². The Morgan fingerprint density at radius 2 is 1.79 bits per heavy atom. The lowest BCUT2D eigenvalue weighted by atomic mass is 10.1. The molecule has 0 aliphatic carbocycles. The molecule has 7 nitrogen and oxygen atoms in total. The number of nitrogens with zero attached hydrogens (tertiary/aromatic N) is 3. The highest BCUT2D eigenvalue weighted by Crippen LogP contribution is 2.21. The van der Waals surface area contributed by atoms with E-state index in [1.807, 2.05) is 24.1 Å². The molecule has 1 heterocycles. The Hall–Kier alpha value is -2.71. The van der Waals surface area contributed by atoms with E-state index in [-0.39, 0.29) is 10.8 Å². The lowest BCUT2D eigenvalue weighted by Crippen LogP contribution is -2.26. The van der Waals surface area contributed by atoms with Crippen LogP contribution in [0.15, 0.2) is 57.8 Å². The van der Waals surface area contributed by atoms with Gasteiger partial charge in [-0.1, -0.05) is 38.5 Å². The van der Waals surface area contributed by atoms with Gasteiger partial charge in [0, 0.05) is 37.8 Å². The molecule has 1 saturated heterocycles. The molecule has 0 bridgehead atoms. The number of carbonyl (C=O) groups excluding carboxylic acids is 1. The topological polar surface area (TPSA) is 82.1 Å². The summed E-state index contributed by atoms with van der Waals surface area (Å²) in [5.74, 6) is 0.306. The first-order chi connectivity index (χ1) is 15.8. The van der Waals surface area contributed by atoms with Gasteiger partial charge in [0.05, 0.1) is 4.90 Å². The molecule has 33 heavy (non-hydrogen) atoms. The van der Waals surface area contributed by atoms with Crippen molar-refractivity contribution in [1.82, 2.24) is 9.80 Å². The number of amides is 1. The van der Waals surface area contributed by atoms with Gasteiger partial charge in [-0.15, -0.1) is 4.40 Å². The molecular formula is C25H34N4O3S. The van der Waals surface area contributed by atoms with Crippen LogP contribution in [0.4, 0.5) is 5.69 Å². The maximum absolute atomic E-state index is 12.9. The van der Waals surface area contributed by atoms with E-state index in [0.29, 0.717) is 23.5 Å². The van der Waals surface area contributed by atoms with Crippen molar-refractivity contribution >= 4 is 27.5 Å². The summed E-state index contributed by atoms with van der Waals surface area (Å²) in [6.45, 7) is 7.84. The molecule has 3 rings (SSSR count). The number of hydrogen-bond acceptors (Lipinski definition) is 4. The van der Waals surface area contributed by atoms with E-state index in [0.717, 1.165) is 51.0 Å². The van der Waals surface area contributed by atoms with Gasteiger partial charge in [0.15, 0.2) is 0 Å². The molecule has 8 heteroatoms. The molecule has 2 aromatic carbocycles. The molecule has 1 amide bonds. The summed E-state index contributed by atoms with van der Waals surface area (Å²) < 4.78 is 29.9. The fourth-order valence-electron chi connectivity index (χ4n) is 3.84. The third-order valence-electron chi connectivity index (χ3n) is 5.97. The average Bonchev–Trinajstić information content (AvgIpc) is 3.01. The van der Waals surface area contributed by atoms with Crippen molar-refractivity contribution in [3.8, 4) is 0 Å². The SMILES string of the molecule is CCN(CC)Cc1ccc(C(=O)Nc2cccc(S(=O)(=O)/N=C3/CCCCCN3C)c2)cc1. The molecule has 0 aromatic heterocycles. The van der Waals surface area contributed by atoms with E-state index < -0.39 is 10.0 Å². The number of amidine groups is 1. The third-order valence-corrected chi connectivity index (χ3v) is 7.27. The lowest BCUT2D eigenvalue weighted by Gasteiger charge is -2.18. The molecule has 1 aliphatic heterocycles. The fraction of sp³-hybridized carbons (Fsp3) is 0.440. The summed E-state index contributed by atoms with van der Waals surface area (Å²) in [6.07, 6.45) is 3.69. The van der Waals surface area contributed by atoms with Crippen LogP contribution >= 0.6 is 0 Å². The second-order valence-corrected chi connectivity index (χ2v) is 9.96. The minimum Gasteiger partial charge on any atom is -0.362 e. The maximum Gasteiger partial charge on any atom is 0.284 e. The molecule has 2 aromatic rings. The average molecular weight is 471 g/mol. The molecule has 0 radical (unpaired) electrons. The monoisotopic (exact) mass is 470 g/mol. The van der Waals surface area contributed by atoms with Crippen molar-refractivity contribution in [1.29, 1.82) is 0 Å². The van der Waals surface area contributed by atoms with Gasteiger partial charge in [0.25, 0.3) is 15.9 Å². The summed E-state index contributed by atoms with van der Waals surface area (Å²) in [5.41, 5.74) is 2.08. The minimum atomic E-state index is -3.86. The lowest BCUT2D eigenvalue weighted by molar-refractivity contribution is 0.102. The molecule has 1 fully saturated rings. The second-order valence-electron chi connectivity index (χ2n) is 8.36. The summed E-state index contributed by atoms with van der Waals surface area (Å²) in [7, 11) is -1.99. The predicted molar refractivity (Wildman–Crippen MR) is 133 cm³/mol. The first kappa shape index (κ1) is 24.9. The number of likely N-dealkylation sites (tertiary alicyclic amines) is 1. The van der Waals surface area contributed by atoms with E-state index >= 15 is 0 Å². The predicted octanol–water partition coefficient (Wildman–Crippen LogP) is 4.37. The van der Waals surface area contributed by atoms with E-state index in [1.165, 1.54) is 12.1 Å². The number of hydrogen-bond donors (Lipinski definition) is 1. The Labute approximate surface area is 197 Å². The Balaban J connectivity index is 1.72. The first-order valence-corrected chi connectivity index (χ1v) is 13.0. The smallest absolute Gasteiger partial charge is 0.284 e. The molecule has 0 spiro atoms. The van der Waals surface area contributed by atoms with Crippen molar-refractivity contribution in [3.05, 3.63) is 59.7 Å². The zero-order chi connectivity index (χ0) is 23.8. The van der Waals surface area contributed by atoms with Gasteiger partial charge in [-0.25, -0.2) is 0 Å². The molecule has 0 unspecified atom stereocenters. The van der Waals surface area contributed by atoms with Gasteiger partial charge in [-0.3, -0.25) is 9.69 Å². The molecule has 0 saturated carbocycles. The van der Waals surface area contributed by atoms with Crippen molar-refractivity contribution in [2.75, 3.05) is 32.0 Å². The van der Waals surface area contributed by atoms with Crippen LogP contribution in [0.1, 0.15) is 55.5 Å². The van der Waals surface area contributed by atoms with E-state index in [9.17, 15) is 13.2 Å². The Morgan fingerprint density at radius 1 is 1.06 bits per heavy atom. The third kappa shape index (κ3) is 6.88. The van der Waals surface area contributed by atoms with Crippen LogP contribution in [0.5, 0.6) is 0 Å². The molecule has 178 valence electrons. The number of carbonyl (C=O) groups is 1. The highest BCUT2D eigenvalue weighted by Gasteiger charge is 2.19. The number of nitrogens with one attached hydrogen (secondary N) is 1. The van der Waals surface area contributed by atoms with Crippen LogP contribution in [-0.2, 0) is 16.6 Å². The summed E-state index contributed by atoms with van der Waals surface area (Å²) >= 11 is 0. The number of rotatable bonds is 8. The Bertz CT molecular complexity index is 1080. The van der Waals surface area contributed by atoms with Crippen LogP contribution < -0.4 is 5.32 Å². The molecule has 1 N–H and O–H groups in total. The van der Waals surface area contributed by atoms with E-state index in [1.54, 1.807) is 24.3 Å². The highest BCUT2D eigenvalue weighted by molar-refractivity contribution is 7.90. The summed E-state index contributed by atoms with van der Waals surface area (Å²) in [5, 5.41) is 2.80. The van der Waals surface area contributed by atoms with Gasteiger partial charge in [0.2, 0.25) is 0 Å². The zero-order valence-corrected chi connectivity index (χ0v) is 20.6. The van der Waals surface area contributed by atoms with Crippen LogP contribution in [-0.4, -0.2) is 56.6 Å². The van der Waals surface area contributed by atoms with Gasteiger partial charge in [-0.05, 0) is 61.8 Å². The largest absolute Gasteiger partial charge is 0.362 e.